The van der Waals surface area contributed by atoms with Crippen molar-refractivity contribution in [2.45, 2.75) is 71.4 Å². The number of nitrogens with one attached hydrogen (secondary N) is 2. The first-order valence-electron chi connectivity index (χ1n) is 13.3. The summed E-state index contributed by atoms with van der Waals surface area (Å²) in [4.78, 5) is 54.6. The lowest BCUT2D eigenvalue weighted by Crippen LogP contribution is -2.61. The van der Waals surface area contributed by atoms with Gasteiger partial charge in [0, 0.05) is 20.0 Å². The standard InChI is InChI=1S/C28H34F3N5O5/c1-26(2,3)21(34-25(40)28(29,30)31)24(39)36-13-15-19(27(15,4)5)20(36)22(37)33-14(12-32)11-18-23(38)35(6)16-9-7-8-10-17(16)41-18/h7-10,14-15,18-21H,11,13H2,1-6H3,(H,33,37)(H,34,40)/t14-,15-,18-,19-,20-,21+/m0/s1. The molecular formula is C28H34F3N5O5. The van der Waals surface area contributed by atoms with Crippen molar-refractivity contribution < 1.29 is 37.1 Å². The van der Waals surface area contributed by atoms with Crippen LogP contribution >= 0.6 is 0 Å². The van der Waals surface area contributed by atoms with Crippen molar-refractivity contribution in [1.82, 2.24) is 15.5 Å². The van der Waals surface area contributed by atoms with Crippen LogP contribution in [0.3, 0.4) is 0 Å². The molecule has 2 fully saturated rings. The van der Waals surface area contributed by atoms with E-state index in [-0.39, 0.29) is 30.2 Å². The molecule has 1 aromatic rings. The molecule has 41 heavy (non-hydrogen) atoms. The van der Waals surface area contributed by atoms with Crippen molar-refractivity contribution >= 4 is 29.3 Å². The average molecular weight is 578 g/mol. The van der Waals surface area contributed by atoms with Gasteiger partial charge in [-0.05, 0) is 34.8 Å². The summed E-state index contributed by atoms with van der Waals surface area (Å²) in [5.41, 5.74) is -0.848. The molecule has 0 bridgehead atoms. The molecule has 0 aromatic heterocycles. The summed E-state index contributed by atoms with van der Waals surface area (Å²) in [6.45, 7) is 8.53. The third kappa shape index (κ3) is 5.56. The van der Waals surface area contributed by atoms with Gasteiger partial charge in [0.25, 0.3) is 5.91 Å². The van der Waals surface area contributed by atoms with Gasteiger partial charge in [0.1, 0.15) is 23.9 Å². The summed E-state index contributed by atoms with van der Waals surface area (Å²) < 4.78 is 45.0. The Bertz CT molecular complexity index is 1300. The zero-order valence-corrected chi connectivity index (χ0v) is 23.7. The largest absolute Gasteiger partial charge is 0.478 e. The first-order valence-corrected chi connectivity index (χ1v) is 13.3. The molecule has 4 rings (SSSR count). The van der Waals surface area contributed by atoms with Gasteiger partial charge in [-0.3, -0.25) is 19.2 Å². The second-order valence-electron chi connectivity index (χ2n) is 12.6. The number of carbonyl (C=O) groups is 4. The third-order valence-electron chi connectivity index (χ3n) is 8.43. The van der Waals surface area contributed by atoms with Crippen molar-refractivity contribution in [2.24, 2.45) is 22.7 Å². The van der Waals surface area contributed by atoms with E-state index in [2.05, 4.69) is 5.32 Å². The molecule has 2 aliphatic heterocycles. The van der Waals surface area contributed by atoms with Crippen LogP contribution in [0.25, 0.3) is 0 Å². The minimum absolute atomic E-state index is 0.0879. The number of benzene rings is 1. The molecule has 1 saturated carbocycles. The molecule has 2 N–H and O–H groups in total. The molecule has 1 aliphatic carbocycles. The Morgan fingerprint density at radius 1 is 1.17 bits per heavy atom. The summed E-state index contributed by atoms with van der Waals surface area (Å²) in [5, 5.41) is 14.3. The number of piperidine rings is 1. The molecule has 222 valence electrons. The first-order chi connectivity index (χ1) is 18.9. The van der Waals surface area contributed by atoms with Gasteiger partial charge in [-0.1, -0.05) is 46.8 Å². The predicted molar refractivity (Wildman–Crippen MR) is 140 cm³/mol. The smallest absolute Gasteiger partial charge is 0.471 e. The van der Waals surface area contributed by atoms with Crippen LogP contribution in [0, 0.1) is 34.0 Å². The van der Waals surface area contributed by atoms with E-state index >= 15 is 0 Å². The van der Waals surface area contributed by atoms with Crippen LogP contribution in [-0.4, -0.2) is 72.5 Å². The number of amides is 4. The Kier molecular flexibility index (Phi) is 7.52. The molecule has 3 aliphatic rings. The zero-order valence-electron chi connectivity index (χ0n) is 23.7. The van der Waals surface area contributed by atoms with Crippen molar-refractivity contribution in [3.63, 3.8) is 0 Å². The van der Waals surface area contributed by atoms with Gasteiger partial charge in [-0.25, -0.2) is 0 Å². The van der Waals surface area contributed by atoms with E-state index in [0.29, 0.717) is 11.4 Å². The summed E-state index contributed by atoms with van der Waals surface area (Å²) in [7, 11) is 1.58. The fraction of sp³-hybridized carbons (Fsp3) is 0.607. The van der Waals surface area contributed by atoms with Crippen molar-refractivity contribution in [3.8, 4) is 11.8 Å². The highest BCUT2D eigenvalue weighted by molar-refractivity contribution is 5.99. The normalized spacial score (nSPS) is 26.1. The number of nitriles is 1. The SMILES string of the molecule is CN1C(=O)[C@H](C[C@@H](C#N)NC(=O)[C@@H]2[C@@H]3[C@H](CN2C(=O)[C@@H](NC(=O)C(F)(F)F)C(C)(C)C)C3(C)C)Oc2ccccc21. The number of anilines is 1. The minimum Gasteiger partial charge on any atom is -0.478 e. The van der Waals surface area contributed by atoms with E-state index in [1.807, 2.05) is 25.2 Å². The van der Waals surface area contributed by atoms with Crippen LogP contribution < -0.4 is 20.3 Å². The fourth-order valence-electron chi connectivity index (χ4n) is 5.98. The molecule has 0 radical (unpaired) electrons. The number of hydrogen-bond acceptors (Lipinski definition) is 6. The lowest BCUT2D eigenvalue weighted by Gasteiger charge is -2.38. The molecule has 10 nitrogen and oxygen atoms in total. The molecule has 2 heterocycles. The zero-order chi connectivity index (χ0) is 30.7. The van der Waals surface area contributed by atoms with E-state index in [9.17, 15) is 37.6 Å². The maximum Gasteiger partial charge on any atom is 0.471 e. The maximum atomic E-state index is 13.6. The Labute approximate surface area is 236 Å². The van der Waals surface area contributed by atoms with Crippen molar-refractivity contribution in [2.75, 3.05) is 18.5 Å². The number of fused-ring (bicyclic) bond motifs is 2. The Hall–Kier alpha value is -3.82. The van der Waals surface area contributed by atoms with Gasteiger partial charge in [-0.15, -0.1) is 0 Å². The van der Waals surface area contributed by atoms with Gasteiger partial charge in [0.2, 0.25) is 11.8 Å². The number of hydrogen-bond donors (Lipinski definition) is 2. The highest BCUT2D eigenvalue weighted by Gasteiger charge is 2.70. The van der Waals surface area contributed by atoms with Crippen molar-refractivity contribution in [3.05, 3.63) is 24.3 Å². The second-order valence-corrected chi connectivity index (χ2v) is 12.6. The minimum atomic E-state index is -5.19. The highest BCUT2D eigenvalue weighted by atomic mass is 19.4. The molecule has 0 unspecified atom stereocenters. The summed E-state index contributed by atoms with van der Waals surface area (Å²) >= 11 is 0. The molecule has 6 atom stereocenters. The number of ether oxygens (including phenoxy) is 1. The van der Waals surface area contributed by atoms with Crippen LogP contribution in [0.4, 0.5) is 18.9 Å². The highest BCUT2D eigenvalue weighted by Crippen LogP contribution is 2.65. The Balaban J connectivity index is 1.53. The summed E-state index contributed by atoms with van der Waals surface area (Å²) in [5.74, 6) is -4.04. The van der Waals surface area contributed by atoms with Crippen LogP contribution in [0.15, 0.2) is 24.3 Å². The number of alkyl halides is 3. The topological polar surface area (TPSA) is 132 Å². The maximum absolute atomic E-state index is 13.6. The number of rotatable bonds is 6. The summed E-state index contributed by atoms with van der Waals surface area (Å²) in [6.07, 6.45) is -6.40. The van der Waals surface area contributed by atoms with E-state index in [0.717, 1.165) is 0 Å². The molecule has 4 amide bonds. The van der Waals surface area contributed by atoms with Gasteiger partial charge in [0.05, 0.1) is 11.8 Å². The Morgan fingerprint density at radius 2 is 1.80 bits per heavy atom. The van der Waals surface area contributed by atoms with Crippen molar-refractivity contribution in [1.29, 1.82) is 5.26 Å². The van der Waals surface area contributed by atoms with E-state index in [4.69, 9.17) is 4.74 Å². The summed E-state index contributed by atoms with van der Waals surface area (Å²) in [6, 6.07) is 5.10. The van der Waals surface area contributed by atoms with E-state index < -0.39 is 59.4 Å². The third-order valence-corrected chi connectivity index (χ3v) is 8.43. The Morgan fingerprint density at radius 3 is 2.39 bits per heavy atom. The van der Waals surface area contributed by atoms with Gasteiger partial charge in [-0.2, -0.15) is 18.4 Å². The van der Waals surface area contributed by atoms with Crippen LogP contribution in [-0.2, 0) is 19.2 Å². The van der Waals surface area contributed by atoms with E-state index in [1.54, 1.807) is 31.3 Å². The molecule has 0 spiro atoms. The molecule has 13 heteroatoms. The second kappa shape index (κ2) is 10.2. The number of carbonyl (C=O) groups excluding carboxylic acids is 4. The number of likely N-dealkylation sites (N-methyl/N-ethyl adjacent to an activating group) is 1. The van der Waals surface area contributed by atoms with Crippen LogP contribution in [0.2, 0.25) is 0 Å². The van der Waals surface area contributed by atoms with E-state index in [1.165, 1.54) is 30.6 Å². The monoisotopic (exact) mass is 577 g/mol. The number of halogens is 3. The van der Waals surface area contributed by atoms with Gasteiger partial charge < -0.3 is 25.2 Å². The quantitative estimate of drug-likeness (QED) is 0.534. The van der Waals surface area contributed by atoms with Gasteiger partial charge in [0.15, 0.2) is 6.10 Å². The van der Waals surface area contributed by atoms with Crippen LogP contribution in [0.1, 0.15) is 41.0 Å². The molecular weight excluding hydrogens is 543 g/mol. The predicted octanol–water partition coefficient (Wildman–Crippen LogP) is 2.39. The lowest BCUT2D eigenvalue weighted by molar-refractivity contribution is -0.176. The molecule has 1 aromatic carbocycles. The number of likely N-dealkylation sites (tertiary alicyclic amines) is 1. The van der Waals surface area contributed by atoms with Gasteiger partial charge >= 0.3 is 12.1 Å². The average Bonchev–Trinajstić information content (AvgIpc) is 3.21. The first kappa shape index (κ1) is 30.1. The molecule has 1 saturated heterocycles. The fourth-order valence-corrected chi connectivity index (χ4v) is 5.98. The van der Waals surface area contributed by atoms with Crippen LogP contribution in [0.5, 0.6) is 5.75 Å². The lowest BCUT2D eigenvalue weighted by atomic mass is 9.85. The number of para-hydroxylation sites is 2. The number of nitrogens with zero attached hydrogens (tertiary/aromatic N) is 3.